The molecule has 1 atom stereocenters. The molecular weight excluding hydrogens is 290 g/mol. The van der Waals surface area contributed by atoms with Crippen LogP contribution >= 0.6 is 0 Å². The van der Waals surface area contributed by atoms with E-state index in [1.807, 2.05) is 20.8 Å². The first kappa shape index (κ1) is 19.0. The van der Waals surface area contributed by atoms with Gasteiger partial charge in [-0.05, 0) is 49.9 Å². The van der Waals surface area contributed by atoms with E-state index in [0.717, 1.165) is 17.7 Å². The van der Waals surface area contributed by atoms with Gasteiger partial charge in [0.05, 0.1) is 0 Å². The lowest BCUT2D eigenvalue weighted by atomic mass is 10.1. The van der Waals surface area contributed by atoms with Gasteiger partial charge in [0, 0.05) is 30.9 Å². The molecule has 1 aromatic rings. The Balaban J connectivity index is 2.76. The molecule has 3 amide bonds. The van der Waals surface area contributed by atoms with E-state index in [0.29, 0.717) is 18.0 Å². The zero-order valence-corrected chi connectivity index (χ0v) is 15.1. The molecule has 0 fully saturated rings. The van der Waals surface area contributed by atoms with Gasteiger partial charge in [-0.15, -0.1) is 0 Å². The van der Waals surface area contributed by atoms with Crippen LogP contribution in [-0.2, 0) is 0 Å². The van der Waals surface area contributed by atoms with Crippen molar-refractivity contribution in [2.75, 3.05) is 18.9 Å². The number of nitrogens with zero attached hydrogens (tertiary/aromatic N) is 1. The van der Waals surface area contributed by atoms with Crippen molar-refractivity contribution in [2.24, 2.45) is 5.92 Å². The summed E-state index contributed by atoms with van der Waals surface area (Å²) < 4.78 is 0. The van der Waals surface area contributed by atoms with Crippen molar-refractivity contribution in [1.82, 2.24) is 10.2 Å². The van der Waals surface area contributed by atoms with E-state index in [2.05, 4.69) is 24.5 Å². The standard InChI is InChI=1S/C18H29N3O2/c1-7-14(5)19-17(22)15-8-9-16(13(4)10-15)20-18(23)21(6)11-12(2)3/h8-10,12,14H,7,11H2,1-6H3,(H,19,22)(H,20,23). The average Bonchev–Trinajstić information content (AvgIpc) is 2.48. The molecule has 0 saturated heterocycles. The van der Waals surface area contributed by atoms with Crippen molar-refractivity contribution < 1.29 is 9.59 Å². The van der Waals surface area contributed by atoms with Gasteiger partial charge in [0.25, 0.3) is 5.91 Å². The van der Waals surface area contributed by atoms with Crippen LogP contribution in [-0.4, -0.2) is 36.5 Å². The number of urea groups is 1. The highest BCUT2D eigenvalue weighted by Crippen LogP contribution is 2.17. The maximum absolute atomic E-state index is 12.1. The van der Waals surface area contributed by atoms with Crippen molar-refractivity contribution in [2.45, 2.75) is 47.1 Å². The first-order chi connectivity index (χ1) is 10.7. The second-order valence-electron chi connectivity index (χ2n) is 6.52. The van der Waals surface area contributed by atoms with E-state index in [4.69, 9.17) is 0 Å². The molecule has 0 aliphatic heterocycles. The Hall–Kier alpha value is -2.04. The minimum absolute atomic E-state index is 0.0859. The highest BCUT2D eigenvalue weighted by molar-refractivity contribution is 5.96. The number of carbonyl (C=O) groups excluding carboxylic acids is 2. The summed E-state index contributed by atoms with van der Waals surface area (Å²) >= 11 is 0. The lowest BCUT2D eigenvalue weighted by Gasteiger charge is -2.21. The number of hydrogen-bond acceptors (Lipinski definition) is 2. The minimum atomic E-state index is -0.140. The molecule has 1 rings (SSSR count). The first-order valence-corrected chi connectivity index (χ1v) is 8.18. The molecule has 2 N–H and O–H groups in total. The van der Waals surface area contributed by atoms with Gasteiger partial charge >= 0.3 is 6.03 Å². The van der Waals surface area contributed by atoms with Crippen LogP contribution < -0.4 is 10.6 Å². The molecule has 0 aromatic heterocycles. The van der Waals surface area contributed by atoms with Crippen LogP contribution in [0, 0.1) is 12.8 Å². The normalized spacial score (nSPS) is 12.0. The lowest BCUT2D eigenvalue weighted by molar-refractivity contribution is 0.0939. The van der Waals surface area contributed by atoms with Crippen LogP contribution in [0.15, 0.2) is 18.2 Å². The molecule has 0 aliphatic rings. The van der Waals surface area contributed by atoms with Crippen molar-refractivity contribution in [3.05, 3.63) is 29.3 Å². The van der Waals surface area contributed by atoms with E-state index in [9.17, 15) is 9.59 Å². The van der Waals surface area contributed by atoms with Crippen LogP contribution in [0.2, 0.25) is 0 Å². The summed E-state index contributed by atoms with van der Waals surface area (Å²) in [4.78, 5) is 25.9. The molecule has 23 heavy (non-hydrogen) atoms. The summed E-state index contributed by atoms with van der Waals surface area (Å²) in [7, 11) is 1.78. The first-order valence-electron chi connectivity index (χ1n) is 8.18. The van der Waals surface area contributed by atoms with Gasteiger partial charge in [0.15, 0.2) is 0 Å². The Morgan fingerprint density at radius 1 is 1.22 bits per heavy atom. The van der Waals surface area contributed by atoms with Crippen molar-refractivity contribution >= 4 is 17.6 Å². The van der Waals surface area contributed by atoms with E-state index in [1.54, 1.807) is 30.1 Å². The second-order valence-corrected chi connectivity index (χ2v) is 6.52. The number of aryl methyl sites for hydroxylation is 1. The van der Waals surface area contributed by atoms with Gasteiger partial charge in [-0.2, -0.15) is 0 Å². The predicted molar refractivity (Wildman–Crippen MR) is 94.9 cm³/mol. The topological polar surface area (TPSA) is 61.4 Å². The number of carbonyl (C=O) groups is 2. The molecule has 0 spiro atoms. The van der Waals surface area contributed by atoms with Crippen LogP contribution in [0.5, 0.6) is 0 Å². The number of rotatable bonds is 6. The molecular formula is C18H29N3O2. The molecule has 5 nitrogen and oxygen atoms in total. The molecule has 0 radical (unpaired) electrons. The number of amides is 3. The van der Waals surface area contributed by atoms with Crippen LogP contribution in [0.1, 0.15) is 50.0 Å². The highest BCUT2D eigenvalue weighted by Gasteiger charge is 2.13. The molecule has 1 unspecified atom stereocenters. The smallest absolute Gasteiger partial charge is 0.321 e. The maximum Gasteiger partial charge on any atom is 0.321 e. The average molecular weight is 319 g/mol. The Morgan fingerprint density at radius 2 is 1.87 bits per heavy atom. The Kier molecular flexibility index (Phi) is 7.07. The quantitative estimate of drug-likeness (QED) is 0.841. The molecule has 0 bridgehead atoms. The van der Waals surface area contributed by atoms with Gasteiger partial charge in [0.2, 0.25) is 0 Å². The molecule has 128 valence electrons. The van der Waals surface area contributed by atoms with Crippen LogP contribution in [0.25, 0.3) is 0 Å². The number of anilines is 1. The summed E-state index contributed by atoms with van der Waals surface area (Å²) in [5.74, 6) is 0.329. The third-order valence-corrected chi connectivity index (χ3v) is 3.71. The Bertz CT molecular complexity index is 555. The summed E-state index contributed by atoms with van der Waals surface area (Å²) in [6.07, 6.45) is 0.890. The van der Waals surface area contributed by atoms with Gasteiger partial charge in [-0.25, -0.2) is 4.79 Å². The zero-order chi connectivity index (χ0) is 17.6. The van der Waals surface area contributed by atoms with E-state index in [-0.39, 0.29) is 18.0 Å². The van der Waals surface area contributed by atoms with Crippen LogP contribution in [0.3, 0.4) is 0 Å². The highest BCUT2D eigenvalue weighted by atomic mass is 16.2. The second kappa shape index (κ2) is 8.56. The van der Waals surface area contributed by atoms with Crippen molar-refractivity contribution in [1.29, 1.82) is 0 Å². The summed E-state index contributed by atoms with van der Waals surface area (Å²) in [5, 5.41) is 5.83. The summed E-state index contributed by atoms with van der Waals surface area (Å²) in [5.41, 5.74) is 2.20. The fourth-order valence-electron chi connectivity index (χ4n) is 2.20. The zero-order valence-electron chi connectivity index (χ0n) is 15.1. The van der Waals surface area contributed by atoms with Gasteiger partial charge < -0.3 is 15.5 Å². The summed E-state index contributed by atoms with van der Waals surface area (Å²) in [6, 6.07) is 5.33. The van der Waals surface area contributed by atoms with Gasteiger partial charge in [0.1, 0.15) is 0 Å². The molecule has 1 aromatic carbocycles. The Morgan fingerprint density at radius 3 is 2.39 bits per heavy atom. The minimum Gasteiger partial charge on any atom is -0.350 e. The fourth-order valence-corrected chi connectivity index (χ4v) is 2.20. The molecule has 5 heteroatoms. The van der Waals surface area contributed by atoms with E-state index < -0.39 is 0 Å². The lowest BCUT2D eigenvalue weighted by Crippen LogP contribution is -2.34. The van der Waals surface area contributed by atoms with Crippen molar-refractivity contribution in [3.63, 3.8) is 0 Å². The maximum atomic E-state index is 12.1. The fraction of sp³-hybridized carbons (Fsp3) is 0.556. The third kappa shape index (κ3) is 5.93. The van der Waals surface area contributed by atoms with Gasteiger partial charge in [-0.3, -0.25) is 4.79 Å². The molecule has 0 aliphatic carbocycles. The van der Waals surface area contributed by atoms with Crippen molar-refractivity contribution in [3.8, 4) is 0 Å². The monoisotopic (exact) mass is 319 g/mol. The molecule has 0 heterocycles. The summed E-state index contributed by atoms with van der Waals surface area (Å²) in [6.45, 7) is 10.7. The number of nitrogens with one attached hydrogen (secondary N) is 2. The van der Waals surface area contributed by atoms with Gasteiger partial charge in [-0.1, -0.05) is 20.8 Å². The van der Waals surface area contributed by atoms with E-state index >= 15 is 0 Å². The van der Waals surface area contributed by atoms with E-state index in [1.165, 1.54) is 0 Å². The molecule has 0 saturated carbocycles. The van der Waals surface area contributed by atoms with Crippen LogP contribution in [0.4, 0.5) is 10.5 Å². The number of benzene rings is 1. The third-order valence-electron chi connectivity index (χ3n) is 3.71. The predicted octanol–water partition coefficient (Wildman–Crippen LogP) is 3.64. The largest absolute Gasteiger partial charge is 0.350 e. The Labute approximate surface area is 139 Å². The number of hydrogen-bond donors (Lipinski definition) is 2. The SMILES string of the molecule is CCC(C)NC(=O)c1ccc(NC(=O)N(C)CC(C)C)c(C)c1.